The number of rotatable bonds is 5. The van der Waals surface area contributed by atoms with Crippen LogP contribution in [-0.2, 0) is 24.3 Å². The number of aromatic nitrogens is 2. The summed E-state index contributed by atoms with van der Waals surface area (Å²) >= 11 is 0. The number of anilines is 2. The highest BCUT2D eigenvalue weighted by Crippen LogP contribution is 2.34. The van der Waals surface area contributed by atoms with Gasteiger partial charge in [0.05, 0.1) is 12.2 Å². The minimum absolute atomic E-state index is 0.112. The van der Waals surface area contributed by atoms with Crippen molar-refractivity contribution >= 4 is 32.2 Å². The number of nitrogens with zero attached hydrogens (tertiary/aromatic N) is 4. The summed E-state index contributed by atoms with van der Waals surface area (Å²) in [6, 6.07) is 4.99. The fourth-order valence-corrected chi connectivity index (χ4v) is 4.07. The number of hydrogen-bond donors (Lipinski definition) is 2. The number of carbonyl (C=O) groups excluding carboxylic acids is 1. The molecule has 0 aliphatic carbocycles. The number of hydrogen-bond acceptors (Lipinski definition) is 5. The lowest BCUT2D eigenvalue weighted by Crippen LogP contribution is -2.35. The van der Waals surface area contributed by atoms with Gasteiger partial charge in [0, 0.05) is 56.5 Å². The molecule has 11 heteroatoms. The molecule has 1 unspecified atom stereocenters. The molecule has 31 heavy (non-hydrogen) atoms. The summed E-state index contributed by atoms with van der Waals surface area (Å²) in [5, 5.41) is 9.06. The first-order valence-electron chi connectivity index (χ1n) is 9.86. The van der Waals surface area contributed by atoms with Crippen LogP contribution in [0.1, 0.15) is 23.7 Å². The van der Waals surface area contributed by atoms with Crippen molar-refractivity contribution in [2.45, 2.75) is 32.1 Å². The van der Waals surface area contributed by atoms with E-state index < -0.39 is 18.0 Å². The van der Waals surface area contributed by atoms with Crippen LogP contribution in [0.2, 0.25) is 0 Å². The van der Waals surface area contributed by atoms with E-state index in [0.29, 0.717) is 36.3 Å². The molecule has 2 aliphatic heterocycles. The maximum atomic E-state index is 15.3. The average Bonchev–Trinajstić information content (AvgIpc) is 3.26. The Balaban J connectivity index is 1.70. The van der Waals surface area contributed by atoms with Crippen molar-refractivity contribution in [3.05, 3.63) is 47.0 Å². The lowest BCUT2D eigenvalue weighted by molar-refractivity contribution is -0.129. The molecule has 0 spiro atoms. The van der Waals surface area contributed by atoms with Gasteiger partial charge in [0.15, 0.2) is 11.6 Å². The van der Waals surface area contributed by atoms with Gasteiger partial charge in [-0.05, 0) is 11.6 Å². The van der Waals surface area contributed by atoms with Crippen LogP contribution in [0.3, 0.4) is 0 Å². The number of halogens is 3. The second-order valence-corrected chi connectivity index (χ2v) is 8.62. The molecule has 1 aromatic carbocycles. The van der Waals surface area contributed by atoms with Crippen molar-refractivity contribution in [2.75, 3.05) is 25.5 Å². The molecule has 0 fully saturated rings. The molecule has 2 aromatic rings. The fourth-order valence-electron chi connectivity index (χ4n) is 3.89. The summed E-state index contributed by atoms with van der Waals surface area (Å²) in [7, 11) is 3.34. The van der Waals surface area contributed by atoms with Gasteiger partial charge in [0.2, 0.25) is 5.91 Å². The number of benzene rings is 1. The van der Waals surface area contributed by atoms with Crippen LogP contribution < -0.4 is 10.7 Å². The molecular weight excluding hydrogens is 428 g/mol. The van der Waals surface area contributed by atoms with Crippen LogP contribution in [0.5, 0.6) is 0 Å². The Morgan fingerprint density at radius 1 is 1.39 bits per heavy atom. The minimum atomic E-state index is -3.03. The van der Waals surface area contributed by atoms with Crippen molar-refractivity contribution in [1.29, 1.82) is 0 Å². The molecule has 4 rings (SSSR count). The van der Waals surface area contributed by atoms with E-state index in [9.17, 15) is 13.6 Å². The molecule has 0 saturated heterocycles. The highest BCUT2D eigenvalue weighted by molar-refractivity contribution is 7.18. The predicted octanol–water partition coefficient (Wildman–Crippen LogP) is 2.93. The Kier molecular flexibility index (Phi) is 5.70. The van der Waals surface area contributed by atoms with Crippen LogP contribution in [0.25, 0.3) is 5.57 Å². The van der Waals surface area contributed by atoms with Crippen LogP contribution >= 0.6 is 9.24 Å². The summed E-state index contributed by atoms with van der Waals surface area (Å²) in [5.74, 6) is -0.287. The molecule has 166 valence electrons. The zero-order chi connectivity index (χ0) is 22.3. The first-order chi connectivity index (χ1) is 14.6. The zero-order valence-corrected chi connectivity index (χ0v) is 18.4. The maximum Gasteiger partial charge on any atom is 0.278 e. The topological polar surface area (TPSA) is 65.4 Å². The van der Waals surface area contributed by atoms with E-state index >= 15 is 4.39 Å². The van der Waals surface area contributed by atoms with E-state index in [2.05, 4.69) is 15.8 Å². The fraction of sp³-hybridized carbons (Fsp3) is 0.400. The molecule has 0 saturated carbocycles. The van der Waals surface area contributed by atoms with E-state index in [1.807, 2.05) is 13.2 Å². The SMILES string of the molecule is CC(=O)N1CCc2c(c(Nc3cccc(C4=CN(C)NC4)c3F)nn2CC(F)(F)P)C1. The molecule has 1 atom stereocenters. The molecular formula is C20H24F3N6OP. The molecule has 7 nitrogen and oxygen atoms in total. The lowest BCUT2D eigenvalue weighted by atomic mass is 10.0. The van der Waals surface area contributed by atoms with Gasteiger partial charge >= 0.3 is 0 Å². The highest BCUT2D eigenvalue weighted by atomic mass is 31.0. The van der Waals surface area contributed by atoms with Gasteiger partial charge in [0.1, 0.15) is 6.54 Å². The van der Waals surface area contributed by atoms with Gasteiger partial charge in [0.25, 0.3) is 5.66 Å². The Morgan fingerprint density at radius 2 is 2.16 bits per heavy atom. The third-order valence-corrected chi connectivity index (χ3v) is 5.59. The average molecular weight is 452 g/mol. The largest absolute Gasteiger partial charge is 0.338 e. The number of hydrazine groups is 1. The number of carbonyl (C=O) groups is 1. The van der Waals surface area contributed by atoms with Crippen molar-refractivity contribution in [3.63, 3.8) is 0 Å². The molecule has 0 radical (unpaired) electrons. The van der Waals surface area contributed by atoms with Crippen molar-refractivity contribution in [1.82, 2.24) is 25.1 Å². The van der Waals surface area contributed by atoms with Gasteiger partial charge in [-0.2, -0.15) is 5.10 Å². The van der Waals surface area contributed by atoms with Gasteiger partial charge in [-0.25, -0.2) is 18.6 Å². The Labute approximate surface area is 180 Å². The second-order valence-electron chi connectivity index (χ2n) is 7.78. The second kappa shape index (κ2) is 8.16. The number of alkyl halides is 2. The van der Waals surface area contributed by atoms with Gasteiger partial charge in [-0.3, -0.25) is 9.48 Å². The number of amides is 1. The monoisotopic (exact) mass is 452 g/mol. The summed E-state index contributed by atoms with van der Waals surface area (Å²) in [6.45, 7) is 2.00. The molecule has 0 bridgehead atoms. The summed E-state index contributed by atoms with van der Waals surface area (Å²) in [6.07, 6.45) is 2.21. The Hall–Kier alpha value is -2.58. The zero-order valence-electron chi connectivity index (χ0n) is 17.3. The summed E-state index contributed by atoms with van der Waals surface area (Å²) < 4.78 is 43.9. The van der Waals surface area contributed by atoms with E-state index in [1.54, 1.807) is 28.1 Å². The van der Waals surface area contributed by atoms with Crippen molar-refractivity contribution < 1.29 is 18.0 Å². The van der Waals surface area contributed by atoms with Crippen LogP contribution in [0, 0.1) is 5.82 Å². The van der Waals surface area contributed by atoms with Crippen LogP contribution in [0.15, 0.2) is 24.4 Å². The quantitative estimate of drug-likeness (QED) is 0.684. The first-order valence-corrected chi connectivity index (χ1v) is 10.4. The molecule has 3 heterocycles. The van der Waals surface area contributed by atoms with E-state index in [1.165, 1.54) is 20.8 Å². The Morgan fingerprint density at radius 3 is 2.81 bits per heavy atom. The summed E-state index contributed by atoms with van der Waals surface area (Å²) in [5.41, 5.74) is 2.72. The smallest absolute Gasteiger partial charge is 0.278 e. The predicted molar refractivity (Wildman–Crippen MR) is 115 cm³/mol. The van der Waals surface area contributed by atoms with E-state index in [0.717, 1.165) is 5.57 Å². The third kappa shape index (κ3) is 4.55. The Bertz CT molecular complexity index is 1050. The highest BCUT2D eigenvalue weighted by Gasteiger charge is 2.31. The van der Waals surface area contributed by atoms with Crippen LogP contribution in [-0.4, -0.2) is 51.4 Å². The lowest BCUT2D eigenvalue weighted by Gasteiger charge is -2.27. The van der Waals surface area contributed by atoms with Gasteiger partial charge in [-0.1, -0.05) is 21.4 Å². The number of nitrogens with one attached hydrogen (secondary N) is 2. The molecule has 1 amide bonds. The van der Waals surface area contributed by atoms with Crippen molar-refractivity contribution in [3.8, 4) is 0 Å². The standard InChI is InChI=1S/C20H24F3N6OP/c1-12(30)28-7-6-17-15(10-28)19(26-29(17)11-20(22,23)31)25-16-5-3-4-14(18(16)21)13-8-24-27(2)9-13/h3-5,9,24H,6-8,10-11,31H2,1-2H3,(H,25,26). The minimum Gasteiger partial charge on any atom is -0.338 e. The maximum absolute atomic E-state index is 15.3. The third-order valence-electron chi connectivity index (χ3n) is 5.41. The first kappa shape index (κ1) is 21.6. The molecule has 2 aliphatic rings. The van der Waals surface area contributed by atoms with Crippen LogP contribution in [0.4, 0.5) is 24.7 Å². The van der Waals surface area contributed by atoms with Gasteiger partial charge < -0.3 is 15.2 Å². The van der Waals surface area contributed by atoms with Crippen molar-refractivity contribution in [2.24, 2.45) is 0 Å². The molecule has 2 N–H and O–H groups in total. The molecule has 1 aromatic heterocycles. The van der Waals surface area contributed by atoms with E-state index in [-0.39, 0.29) is 24.0 Å². The summed E-state index contributed by atoms with van der Waals surface area (Å²) in [4.78, 5) is 13.5. The normalized spacial score (nSPS) is 16.4. The van der Waals surface area contributed by atoms with E-state index in [4.69, 9.17) is 0 Å². The van der Waals surface area contributed by atoms with Gasteiger partial charge in [-0.15, -0.1) is 0 Å². The number of fused-ring (bicyclic) bond motifs is 1.